The Bertz CT molecular complexity index is 807. The summed E-state index contributed by atoms with van der Waals surface area (Å²) in [5.74, 6) is -0.705. The van der Waals surface area contributed by atoms with Crippen molar-refractivity contribution in [3.05, 3.63) is 75.8 Å². The molecule has 7 heteroatoms. The zero-order valence-electron chi connectivity index (χ0n) is 15.3. The van der Waals surface area contributed by atoms with Crippen LogP contribution < -0.4 is 0 Å². The maximum absolute atomic E-state index is 13.0. The average molecular weight is 370 g/mol. The number of nitrogens with zero attached hydrogens (tertiary/aromatic N) is 2. The highest BCUT2D eigenvalue weighted by atomic mass is 16.6. The topological polar surface area (TPSA) is 89.8 Å². The summed E-state index contributed by atoms with van der Waals surface area (Å²) in [6, 6.07) is 15.3. The minimum Gasteiger partial charge on any atom is -0.469 e. The number of amides is 1. The summed E-state index contributed by atoms with van der Waals surface area (Å²) in [5.41, 5.74) is 1.17. The summed E-state index contributed by atoms with van der Waals surface area (Å²) in [5, 5.41) is 11.2. The maximum atomic E-state index is 13.0. The SMILES string of the molecule is COC(=O)CCN(C(=O)Cc1ccccc1[N+](=O)[O-])C(C)c1ccccc1. The number of hydrogen-bond acceptors (Lipinski definition) is 5. The standard InChI is InChI=1S/C20H22N2O5/c1-15(16-8-4-3-5-9-16)21(13-12-20(24)27-2)19(23)14-17-10-6-7-11-18(17)22(25)26/h3-11,15H,12-14H2,1-2H3. The second kappa shape index (κ2) is 9.47. The van der Waals surface area contributed by atoms with Crippen LogP contribution in [0.15, 0.2) is 54.6 Å². The van der Waals surface area contributed by atoms with Crippen molar-refractivity contribution >= 4 is 17.6 Å². The molecule has 1 unspecified atom stereocenters. The van der Waals surface area contributed by atoms with Crippen LogP contribution >= 0.6 is 0 Å². The Morgan fingerprint density at radius 1 is 1.11 bits per heavy atom. The van der Waals surface area contributed by atoms with Crippen molar-refractivity contribution in [2.24, 2.45) is 0 Å². The molecule has 2 aromatic carbocycles. The van der Waals surface area contributed by atoms with Crippen LogP contribution in [0, 0.1) is 10.1 Å². The first-order valence-corrected chi connectivity index (χ1v) is 8.57. The lowest BCUT2D eigenvalue weighted by Gasteiger charge is -2.29. The largest absolute Gasteiger partial charge is 0.469 e. The monoisotopic (exact) mass is 370 g/mol. The molecule has 0 aromatic heterocycles. The zero-order chi connectivity index (χ0) is 19.8. The van der Waals surface area contributed by atoms with Crippen LogP contribution in [0.4, 0.5) is 5.69 Å². The van der Waals surface area contributed by atoms with Crippen molar-refractivity contribution < 1.29 is 19.2 Å². The second-order valence-corrected chi connectivity index (χ2v) is 6.06. The summed E-state index contributed by atoms with van der Waals surface area (Å²) in [7, 11) is 1.29. The number of esters is 1. The van der Waals surface area contributed by atoms with E-state index < -0.39 is 10.9 Å². The summed E-state index contributed by atoms with van der Waals surface area (Å²) >= 11 is 0. The van der Waals surface area contributed by atoms with E-state index in [0.717, 1.165) is 5.56 Å². The first-order chi connectivity index (χ1) is 12.9. The molecule has 0 saturated heterocycles. The average Bonchev–Trinajstić information content (AvgIpc) is 2.68. The van der Waals surface area contributed by atoms with Gasteiger partial charge in [-0.1, -0.05) is 48.5 Å². The highest BCUT2D eigenvalue weighted by molar-refractivity contribution is 5.81. The number of carbonyl (C=O) groups is 2. The molecule has 0 heterocycles. The molecule has 0 spiro atoms. The molecule has 2 aromatic rings. The quantitative estimate of drug-likeness (QED) is 0.404. The number of para-hydroxylation sites is 1. The molecule has 2 rings (SSSR count). The maximum Gasteiger partial charge on any atom is 0.307 e. The van der Waals surface area contributed by atoms with E-state index in [1.54, 1.807) is 23.1 Å². The smallest absolute Gasteiger partial charge is 0.307 e. The van der Waals surface area contributed by atoms with E-state index in [2.05, 4.69) is 4.74 Å². The molecule has 0 saturated carbocycles. The number of carbonyl (C=O) groups excluding carboxylic acids is 2. The van der Waals surface area contributed by atoms with Crippen LogP contribution in [0.25, 0.3) is 0 Å². The fourth-order valence-electron chi connectivity index (χ4n) is 2.86. The van der Waals surface area contributed by atoms with Crippen LogP contribution in [-0.4, -0.2) is 35.4 Å². The van der Waals surface area contributed by atoms with Crippen LogP contribution in [0.2, 0.25) is 0 Å². The summed E-state index contributed by atoms with van der Waals surface area (Å²) in [4.78, 5) is 36.8. The number of hydrogen-bond donors (Lipinski definition) is 0. The number of benzene rings is 2. The number of rotatable bonds is 8. The van der Waals surface area contributed by atoms with Crippen molar-refractivity contribution in [2.75, 3.05) is 13.7 Å². The van der Waals surface area contributed by atoms with E-state index in [-0.39, 0.29) is 37.0 Å². The second-order valence-electron chi connectivity index (χ2n) is 6.06. The number of nitro groups is 1. The molecule has 0 bridgehead atoms. The molecule has 1 amide bonds. The molecule has 142 valence electrons. The highest BCUT2D eigenvalue weighted by Gasteiger charge is 2.25. The Morgan fingerprint density at radius 3 is 2.37 bits per heavy atom. The van der Waals surface area contributed by atoms with Gasteiger partial charge in [0.25, 0.3) is 5.69 Å². The predicted octanol–water partition coefficient (Wildman–Crippen LogP) is 3.29. The Balaban J connectivity index is 2.25. The Hall–Kier alpha value is -3.22. The third-order valence-corrected chi connectivity index (χ3v) is 4.38. The molecule has 0 aliphatic carbocycles. The fraction of sp³-hybridized carbons (Fsp3) is 0.300. The van der Waals surface area contributed by atoms with E-state index >= 15 is 0 Å². The van der Waals surface area contributed by atoms with Gasteiger partial charge in [-0.3, -0.25) is 19.7 Å². The molecule has 7 nitrogen and oxygen atoms in total. The van der Waals surface area contributed by atoms with Gasteiger partial charge in [0.05, 0.1) is 30.9 Å². The van der Waals surface area contributed by atoms with Crippen molar-refractivity contribution in [1.29, 1.82) is 0 Å². The Morgan fingerprint density at radius 2 is 1.74 bits per heavy atom. The van der Waals surface area contributed by atoms with Gasteiger partial charge >= 0.3 is 5.97 Å². The van der Waals surface area contributed by atoms with Crippen molar-refractivity contribution in [1.82, 2.24) is 4.90 Å². The zero-order valence-corrected chi connectivity index (χ0v) is 15.3. The van der Waals surface area contributed by atoms with Gasteiger partial charge in [0, 0.05) is 18.2 Å². The van der Waals surface area contributed by atoms with E-state index in [0.29, 0.717) is 5.56 Å². The van der Waals surface area contributed by atoms with Crippen molar-refractivity contribution in [2.45, 2.75) is 25.8 Å². The molecule has 27 heavy (non-hydrogen) atoms. The first kappa shape index (κ1) is 20.1. The van der Waals surface area contributed by atoms with E-state index in [1.165, 1.54) is 13.2 Å². The normalized spacial score (nSPS) is 11.5. The number of ether oxygens (including phenoxy) is 1. The summed E-state index contributed by atoms with van der Waals surface area (Å²) < 4.78 is 4.67. The van der Waals surface area contributed by atoms with Gasteiger partial charge in [-0.2, -0.15) is 0 Å². The lowest BCUT2D eigenvalue weighted by molar-refractivity contribution is -0.385. The Labute approximate surface area is 157 Å². The Kier molecular flexibility index (Phi) is 7.05. The minimum atomic E-state index is -0.498. The molecule has 0 fully saturated rings. The lowest BCUT2D eigenvalue weighted by Crippen LogP contribution is -2.36. The van der Waals surface area contributed by atoms with Gasteiger partial charge in [0.2, 0.25) is 5.91 Å². The van der Waals surface area contributed by atoms with Crippen molar-refractivity contribution in [3.8, 4) is 0 Å². The number of nitro benzene ring substituents is 1. The van der Waals surface area contributed by atoms with Gasteiger partial charge in [-0.25, -0.2) is 0 Å². The van der Waals surface area contributed by atoms with Gasteiger partial charge in [0.15, 0.2) is 0 Å². The van der Waals surface area contributed by atoms with Crippen molar-refractivity contribution in [3.63, 3.8) is 0 Å². The molecule has 0 aliphatic heterocycles. The lowest BCUT2D eigenvalue weighted by atomic mass is 10.0. The molecule has 1 atom stereocenters. The van der Waals surface area contributed by atoms with Crippen LogP contribution in [0.5, 0.6) is 0 Å². The first-order valence-electron chi connectivity index (χ1n) is 8.57. The van der Waals surface area contributed by atoms with E-state index in [4.69, 9.17) is 0 Å². The summed E-state index contributed by atoms with van der Waals surface area (Å²) in [6.07, 6.45) is -0.0637. The number of methoxy groups -OCH3 is 1. The molecule has 0 radical (unpaired) electrons. The van der Waals surface area contributed by atoms with Gasteiger partial charge in [-0.05, 0) is 12.5 Å². The van der Waals surface area contributed by atoms with Crippen LogP contribution in [0.1, 0.15) is 30.5 Å². The molecular weight excluding hydrogens is 348 g/mol. The highest BCUT2D eigenvalue weighted by Crippen LogP contribution is 2.24. The minimum absolute atomic E-state index is 0.0519. The summed E-state index contributed by atoms with van der Waals surface area (Å²) in [6.45, 7) is 2.03. The van der Waals surface area contributed by atoms with E-state index in [1.807, 2.05) is 37.3 Å². The van der Waals surface area contributed by atoms with Gasteiger partial charge < -0.3 is 9.64 Å². The third kappa shape index (κ3) is 5.37. The predicted molar refractivity (Wildman–Crippen MR) is 100 cm³/mol. The fourth-order valence-corrected chi connectivity index (χ4v) is 2.86. The third-order valence-electron chi connectivity index (χ3n) is 4.38. The van der Waals surface area contributed by atoms with Gasteiger partial charge in [0.1, 0.15) is 0 Å². The van der Waals surface area contributed by atoms with Crippen LogP contribution in [0.3, 0.4) is 0 Å². The molecular formula is C20H22N2O5. The molecule has 0 N–H and O–H groups in total. The van der Waals surface area contributed by atoms with Crippen LogP contribution in [-0.2, 0) is 20.7 Å². The van der Waals surface area contributed by atoms with Gasteiger partial charge in [-0.15, -0.1) is 0 Å². The van der Waals surface area contributed by atoms with E-state index in [9.17, 15) is 19.7 Å². The molecule has 0 aliphatic rings.